The first kappa shape index (κ1) is 13.5. The fourth-order valence-corrected chi connectivity index (χ4v) is 1.90. The van der Waals surface area contributed by atoms with Gasteiger partial charge in [0, 0.05) is 6.54 Å². The highest BCUT2D eigenvalue weighted by Gasteiger charge is 2.00. The molecule has 0 bridgehead atoms. The molecule has 2 rings (SSSR count). The van der Waals surface area contributed by atoms with Crippen LogP contribution in [0.15, 0.2) is 36.5 Å². The summed E-state index contributed by atoms with van der Waals surface area (Å²) in [6.07, 6.45) is 2.28. The summed E-state index contributed by atoms with van der Waals surface area (Å²) < 4.78 is 12.9. The number of nitrogens with one attached hydrogen (secondary N) is 1. The average molecular weight is 260 g/mol. The predicted octanol–water partition coefficient (Wildman–Crippen LogP) is 2.57. The van der Waals surface area contributed by atoms with Gasteiger partial charge >= 0.3 is 0 Å². The van der Waals surface area contributed by atoms with E-state index in [-0.39, 0.29) is 11.6 Å². The Morgan fingerprint density at radius 1 is 1.26 bits per heavy atom. The van der Waals surface area contributed by atoms with Crippen LogP contribution in [0.1, 0.15) is 16.8 Å². The number of aromatic nitrogens is 1. The van der Waals surface area contributed by atoms with Crippen molar-refractivity contribution in [1.82, 2.24) is 10.3 Å². The summed E-state index contributed by atoms with van der Waals surface area (Å²) in [6.45, 7) is 3.37. The van der Waals surface area contributed by atoms with Crippen LogP contribution in [-0.4, -0.2) is 16.6 Å². The van der Waals surface area contributed by atoms with Gasteiger partial charge in [-0.25, -0.2) is 4.39 Å². The Labute approximate surface area is 112 Å². The third kappa shape index (κ3) is 4.03. The predicted molar refractivity (Wildman–Crippen MR) is 72.4 cm³/mol. The molecular formula is C15H17FN2O. The number of pyridine rings is 1. The molecule has 0 aliphatic carbocycles. The van der Waals surface area contributed by atoms with Gasteiger partial charge in [0.2, 0.25) is 0 Å². The van der Waals surface area contributed by atoms with Crippen LogP contribution in [0.25, 0.3) is 0 Å². The summed E-state index contributed by atoms with van der Waals surface area (Å²) in [4.78, 5) is 4.09. The molecule has 0 aliphatic heterocycles. The van der Waals surface area contributed by atoms with Gasteiger partial charge in [-0.1, -0.05) is 6.07 Å². The smallest absolute Gasteiger partial charge is 0.133 e. The maximum absolute atomic E-state index is 12.9. The molecule has 1 aromatic heterocycles. The van der Waals surface area contributed by atoms with Gasteiger partial charge in [0.1, 0.15) is 11.6 Å². The fraction of sp³-hybridized carbons (Fsp3) is 0.267. The molecule has 1 heterocycles. The van der Waals surface area contributed by atoms with Crippen LogP contribution in [-0.2, 0) is 13.0 Å². The Balaban J connectivity index is 1.79. The fourth-order valence-electron chi connectivity index (χ4n) is 1.90. The van der Waals surface area contributed by atoms with E-state index in [0.717, 1.165) is 29.8 Å². The molecule has 0 radical (unpaired) electrons. The van der Waals surface area contributed by atoms with Gasteiger partial charge in [-0.05, 0) is 55.3 Å². The second kappa shape index (κ2) is 6.29. The Morgan fingerprint density at radius 2 is 2.11 bits per heavy atom. The highest BCUT2D eigenvalue weighted by atomic mass is 19.1. The summed E-state index contributed by atoms with van der Waals surface area (Å²) in [6, 6.07) is 8.27. The van der Waals surface area contributed by atoms with Crippen molar-refractivity contribution in [2.24, 2.45) is 0 Å². The number of hydrogen-bond acceptors (Lipinski definition) is 3. The number of aryl methyl sites for hydroxylation is 1. The lowest BCUT2D eigenvalue weighted by Gasteiger charge is -2.07. The normalized spacial score (nSPS) is 10.6. The monoisotopic (exact) mass is 260 g/mol. The Kier molecular flexibility index (Phi) is 4.47. The van der Waals surface area contributed by atoms with E-state index in [4.69, 9.17) is 5.11 Å². The molecule has 0 saturated carbocycles. The number of halogens is 1. The first-order valence-electron chi connectivity index (χ1n) is 6.25. The van der Waals surface area contributed by atoms with E-state index in [9.17, 15) is 4.39 Å². The lowest BCUT2D eigenvalue weighted by atomic mass is 10.1. The van der Waals surface area contributed by atoms with E-state index in [1.807, 2.05) is 13.0 Å². The molecule has 0 atom stereocenters. The van der Waals surface area contributed by atoms with Crippen molar-refractivity contribution < 1.29 is 9.50 Å². The molecule has 0 saturated heterocycles. The lowest BCUT2D eigenvalue weighted by molar-refractivity contribution is 0.471. The molecule has 0 aliphatic rings. The minimum absolute atomic E-state index is 0.172. The molecule has 0 spiro atoms. The molecule has 0 amide bonds. The van der Waals surface area contributed by atoms with E-state index < -0.39 is 0 Å². The van der Waals surface area contributed by atoms with Crippen LogP contribution >= 0.6 is 0 Å². The molecule has 3 nitrogen and oxygen atoms in total. The molecule has 100 valence electrons. The zero-order valence-electron chi connectivity index (χ0n) is 10.9. The second-order valence-electron chi connectivity index (χ2n) is 4.51. The maximum Gasteiger partial charge on any atom is 0.133 e. The summed E-state index contributed by atoms with van der Waals surface area (Å²) in [5.74, 6) is -0.0202. The quantitative estimate of drug-likeness (QED) is 0.812. The van der Waals surface area contributed by atoms with Gasteiger partial charge in [0.25, 0.3) is 0 Å². The Bertz CT molecular complexity index is 540. The average Bonchev–Trinajstić information content (AvgIpc) is 2.39. The van der Waals surface area contributed by atoms with E-state index in [1.54, 1.807) is 18.2 Å². The van der Waals surface area contributed by atoms with Crippen LogP contribution < -0.4 is 5.32 Å². The number of rotatable bonds is 5. The topological polar surface area (TPSA) is 45.1 Å². The zero-order chi connectivity index (χ0) is 13.7. The first-order chi connectivity index (χ1) is 9.15. The van der Waals surface area contributed by atoms with Gasteiger partial charge in [-0.15, -0.1) is 0 Å². The molecule has 4 heteroatoms. The van der Waals surface area contributed by atoms with Gasteiger partial charge in [-0.2, -0.15) is 0 Å². The summed E-state index contributed by atoms with van der Waals surface area (Å²) >= 11 is 0. The van der Waals surface area contributed by atoms with Crippen LogP contribution in [0.2, 0.25) is 0 Å². The van der Waals surface area contributed by atoms with Crippen LogP contribution in [0.3, 0.4) is 0 Å². The Morgan fingerprint density at radius 3 is 2.79 bits per heavy atom. The van der Waals surface area contributed by atoms with Crippen molar-refractivity contribution in [2.75, 3.05) is 6.54 Å². The molecule has 2 N–H and O–H groups in total. The lowest BCUT2D eigenvalue weighted by Crippen LogP contribution is -2.17. The highest BCUT2D eigenvalue weighted by Crippen LogP contribution is 2.10. The largest absolute Gasteiger partial charge is 0.506 e. The summed E-state index contributed by atoms with van der Waals surface area (Å²) in [5.41, 5.74) is 3.01. The number of nitrogens with zero attached hydrogens (tertiary/aromatic N) is 1. The van der Waals surface area contributed by atoms with Crippen LogP contribution in [0, 0.1) is 12.7 Å². The first-order valence-corrected chi connectivity index (χ1v) is 6.25. The summed E-state index contributed by atoms with van der Waals surface area (Å²) in [7, 11) is 0. The van der Waals surface area contributed by atoms with Crippen molar-refractivity contribution in [3.05, 3.63) is 59.2 Å². The molecule has 19 heavy (non-hydrogen) atoms. The third-order valence-corrected chi connectivity index (χ3v) is 2.99. The van der Waals surface area contributed by atoms with Crippen molar-refractivity contribution in [2.45, 2.75) is 19.9 Å². The van der Waals surface area contributed by atoms with Crippen molar-refractivity contribution in [3.8, 4) is 5.75 Å². The number of benzene rings is 1. The summed E-state index contributed by atoms with van der Waals surface area (Å²) in [5, 5.41) is 12.4. The maximum atomic E-state index is 12.9. The van der Waals surface area contributed by atoms with Crippen LogP contribution in [0.5, 0.6) is 5.75 Å². The van der Waals surface area contributed by atoms with E-state index in [0.29, 0.717) is 6.54 Å². The zero-order valence-corrected chi connectivity index (χ0v) is 10.9. The van der Waals surface area contributed by atoms with Gasteiger partial charge in [-0.3, -0.25) is 4.98 Å². The third-order valence-electron chi connectivity index (χ3n) is 2.99. The van der Waals surface area contributed by atoms with E-state index in [1.165, 1.54) is 12.3 Å². The van der Waals surface area contributed by atoms with Crippen molar-refractivity contribution in [1.29, 1.82) is 0 Å². The molecule has 0 unspecified atom stereocenters. The minimum atomic E-state index is -0.192. The molecule has 1 aromatic carbocycles. The standard InChI is InChI=1S/C15H17FN2O/c1-11-8-13(16)3-2-12(11)6-7-17-9-14-4-5-15(19)10-18-14/h2-5,8,10,17,19H,6-7,9H2,1H3. The van der Waals surface area contributed by atoms with E-state index >= 15 is 0 Å². The second-order valence-corrected chi connectivity index (χ2v) is 4.51. The van der Waals surface area contributed by atoms with Crippen LogP contribution in [0.4, 0.5) is 4.39 Å². The van der Waals surface area contributed by atoms with E-state index in [2.05, 4.69) is 10.3 Å². The van der Waals surface area contributed by atoms with Crippen molar-refractivity contribution >= 4 is 0 Å². The SMILES string of the molecule is Cc1cc(F)ccc1CCNCc1ccc(O)cn1. The Hall–Kier alpha value is -1.94. The highest BCUT2D eigenvalue weighted by molar-refractivity contribution is 5.26. The molecular weight excluding hydrogens is 243 g/mol. The van der Waals surface area contributed by atoms with Gasteiger partial charge < -0.3 is 10.4 Å². The molecule has 0 fully saturated rings. The minimum Gasteiger partial charge on any atom is -0.506 e. The number of hydrogen-bond donors (Lipinski definition) is 2. The van der Waals surface area contributed by atoms with Gasteiger partial charge in [0.05, 0.1) is 11.9 Å². The van der Waals surface area contributed by atoms with Gasteiger partial charge in [0.15, 0.2) is 0 Å². The van der Waals surface area contributed by atoms with Crippen molar-refractivity contribution in [3.63, 3.8) is 0 Å². The number of aromatic hydroxyl groups is 1. The molecule has 2 aromatic rings.